The van der Waals surface area contributed by atoms with Crippen molar-refractivity contribution in [3.05, 3.63) is 29.6 Å². The Morgan fingerprint density at radius 2 is 2.00 bits per heavy atom. The maximum atomic E-state index is 13.7. The largest absolute Gasteiger partial charge is 0.485 e. The number of rotatable bonds is 3. The smallest absolute Gasteiger partial charge is 0.165 e. The van der Waals surface area contributed by atoms with E-state index in [0.29, 0.717) is 12.3 Å². The fourth-order valence-electron chi connectivity index (χ4n) is 1.37. The van der Waals surface area contributed by atoms with E-state index in [2.05, 4.69) is 0 Å². The lowest BCUT2D eigenvalue weighted by Gasteiger charge is -2.22. The monoisotopic (exact) mass is 225 g/mol. The topological polar surface area (TPSA) is 35.2 Å². The predicted octanol–water partition coefficient (Wildman–Crippen LogP) is 3.07. The van der Waals surface area contributed by atoms with Crippen molar-refractivity contribution < 1.29 is 9.13 Å². The van der Waals surface area contributed by atoms with Crippen LogP contribution < -0.4 is 10.5 Å². The molecule has 0 aliphatic carbocycles. The Labute approximate surface area is 96.6 Å². The molecule has 1 atom stereocenters. The second-order valence-electron chi connectivity index (χ2n) is 5.04. The van der Waals surface area contributed by atoms with Crippen molar-refractivity contribution in [2.45, 2.75) is 39.2 Å². The Hall–Kier alpha value is -1.09. The van der Waals surface area contributed by atoms with Crippen LogP contribution in [-0.4, -0.2) is 12.1 Å². The molecule has 0 radical (unpaired) electrons. The van der Waals surface area contributed by atoms with E-state index in [1.807, 2.05) is 33.8 Å². The molecule has 1 aromatic carbocycles. The summed E-state index contributed by atoms with van der Waals surface area (Å²) in [6, 6.07) is 5.03. The summed E-state index contributed by atoms with van der Waals surface area (Å²) in [5.74, 6) is 0.131. The Balaban J connectivity index is 2.92. The van der Waals surface area contributed by atoms with Gasteiger partial charge in [-0.2, -0.15) is 0 Å². The van der Waals surface area contributed by atoms with Crippen LogP contribution in [-0.2, 0) is 0 Å². The molecule has 2 nitrogen and oxygen atoms in total. The molecule has 3 heteroatoms. The third-order valence-corrected chi connectivity index (χ3v) is 2.29. The van der Waals surface area contributed by atoms with Crippen molar-refractivity contribution in [3.63, 3.8) is 0 Å². The minimum atomic E-state index is -0.387. The van der Waals surface area contributed by atoms with Crippen LogP contribution >= 0.6 is 0 Å². The molecule has 90 valence electrons. The van der Waals surface area contributed by atoms with Gasteiger partial charge in [0.25, 0.3) is 0 Å². The van der Waals surface area contributed by atoms with Crippen LogP contribution in [0.4, 0.5) is 4.39 Å². The molecule has 0 saturated carbocycles. The first-order chi connectivity index (χ1) is 7.33. The summed E-state index contributed by atoms with van der Waals surface area (Å²) in [4.78, 5) is 0. The molecule has 0 aliphatic rings. The van der Waals surface area contributed by atoms with Crippen LogP contribution in [0.1, 0.15) is 39.2 Å². The van der Waals surface area contributed by atoms with Crippen molar-refractivity contribution in [2.24, 2.45) is 5.73 Å². The molecule has 0 bridgehead atoms. The normalized spacial score (nSPS) is 13.6. The van der Waals surface area contributed by atoms with Crippen LogP contribution in [0.5, 0.6) is 5.75 Å². The SMILES string of the molecule is CC(CN)c1ccc(OC(C)(C)C)c(F)c1. The zero-order valence-electron chi connectivity index (χ0n) is 10.4. The van der Waals surface area contributed by atoms with Crippen LogP contribution in [0.2, 0.25) is 0 Å². The first kappa shape index (κ1) is 13.0. The van der Waals surface area contributed by atoms with Gasteiger partial charge in [0.15, 0.2) is 11.6 Å². The average molecular weight is 225 g/mol. The molecule has 1 rings (SSSR count). The number of nitrogens with two attached hydrogens (primary N) is 1. The lowest BCUT2D eigenvalue weighted by atomic mass is 10.0. The van der Waals surface area contributed by atoms with E-state index in [-0.39, 0.29) is 17.3 Å². The van der Waals surface area contributed by atoms with Crippen LogP contribution in [0.3, 0.4) is 0 Å². The van der Waals surface area contributed by atoms with Gasteiger partial charge in [-0.05, 0) is 50.9 Å². The van der Waals surface area contributed by atoms with E-state index >= 15 is 0 Å². The van der Waals surface area contributed by atoms with Gasteiger partial charge in [0.1, 0.15) is 5.60 Å². The molecule has 0 fully saturated rings. The number of halogens is 1. The zero-order chi connectivity index (χ0) is 12.3. The molecule has 0 spiro atoms. The summed E-state index contributed by atoms with van der Waals surface area (Å²) < 4.78 is 19.2. The molecule has 0 amide bonds. The third kappa shape index (κ3) is 3.49. The van der Waals surface area contributed by atoms with Gasteiger partial charge in [-0.1, -0.05) is 13.0 Å². The highest BCUT2D eigenvalue weighted by molar-refractivity contribution is 5.31. The fourth-order valence-corrected chi connectivity index (χ4v) is 1.37. The zero-order valence-corrected chi connectivity index (χ0v) is 10.4. The standard InChI is InChI=1S/C13H20FNO/c1-9(8-15)10-5-6-12(11(14)7-10)16-13(2,3)4/h5-7,9H,8,15H2,1-4H3. The molecular formula is C13H20FNO. The summed E-state index contributed by atoms with van der Waals surface area (Å²) in [6.45, 7) is 8.16. The second-order valence-corrected chi connectivity index (χ2v) is 5.04. The minimum absolute atomic E-state index is 0.165. The predicted molar refractivity (Wildman–Crippen MR) is 64.3 cm³/mol. The maximum Gasteiger partial charge on any atom is 0.165 e. The van der Waals surface area contributed by atoms with E-state index in [1.54, 1.807) is 6.07 Å². The number of hydrogen-bond donors (Lipinski definition) is 1. The van der Waals surface area contributed by atoms with Gasteiger partial charge in [0.05, 0.1) is 0 Å². The van der Waals surface area contributed by atoms with Gasteiger partial charge in [-0.25, -0.2) is 4.39 Å². The van der Waals surface area contributed by atoms with E-state index in [0.717, 1.165) is 5.56 Å². The summed E-state index contributed by atoms with van der Waals surface area (Å²) in [5, 5.41) is 0. The van der Waals surface area contributed by atoms with Gasteiger partial charge in [0.2, 0.25) is 0 Å². The van der Waals surface area contributed by atoms with Crippen LogP contribution in [0.25, 0.3) is 0 Å². The van der Waals surface area contributed by atoms with Gasteiger partial charge in [-0.3, -0.25) is 0 Å². The Kier molecular flexibility index (Phi) is 3.92. The van der Waals surface area contributed by atoms with Crippen molar-refractivity contribution in [1.82, 2.24) is 0 Å². The molecule has 0 saturated heterocycles. The van der Waals surface area contributed by atoms with Crippen molar-refractivity contribution in [3.8, 4) is 5.75 Å². The van der Waals surface area contributed by atoms with E-state index in [4.69, 9.17) is 10.5 Å². The fraction of sp³-hybridized carbons (Fsp3) is 0.538. The Morgan fingerprint density at radius 3 is 2.44 bits per heavy atom. The van der Waals surface area contributed by atoms with Gasteiger partial charge < -0.3 is 10.5 Å². The highest BCUT2D eigenvalue weighted by Crippen LogP contribution is 2.25. The van der Waals surface area contributed by atoms with Crippen molar-refractivity contribution in [1.29, 1.82) is 0 Å². The average Bonchev–Trinajstić information content (AvgIpc) is 2.18. The molecule has 1 aromatic rings. The lowest BCUT2D eigenvalue weighted by Crippen LogP contribution is -2.23. The summed E-state index contributed by atoms with van der Waals surface area (Å²) in [7, 11) is 0. The van der Waals surface area contributed by atoms with Crippen molar-refractivity contribution >= 4 is 0 Å². The molecule has 1 unspecified atom stereocenters. The van der Waals surface area contributed by atoms with E-state index in [1.165, 1.54) is 6.07 Å². The molecule has 0 aromatic heterocycles. The van der Waals surface area contributed by atoms with Crippen molar-refractivity contribution in [2.75, 3.05) is 6.54 Å². The van der Waals surface area contributed by atoms with E-state index in [9.17, 15) is 4.39 Å². The lowest BCUT2D eigenvalue weighted by molar-refractivity contribution is 0.124. The Bertz CT molecular complexity index is 357. The first-order valence-corrected chi connectivity index (χ1v) is 5.52. The highest BCUT2D eigenvalue weighted by Gasteiger charge is 2.15. The number of benzene rings is 1. The number of hydrogen-bond acceptors (Lipinski definition) is 2. The third-order valence-electron chi connectivity index (χ3n) is 2.29. The summed E-state index contributed by atoms with van der Waals surface area (Å²) in [5.41, 5.74) is 6.06. The minimum Gasteiger partial charge on any atom is -0.485 e. The molecule has 0 heterocycles. The molecule has 2 N–H and O–H groups in total. The molecule has 0 aliphatic heterocycles. The van der Waals surface area contributed by atoms with E-state index < -0.39 is 0 Å². The quantitative estimate of drug-likeness (QED) is 0.858. The maximum absolute atomic E-state index is 13.7. The molecular weight excluding hydrogens is 205 g/mol. The van der Waals surface area contributed by atoms with Gasteiger partial charge in [-0.15, -0.1) is 0 Å². The Morgan fingerprint density at radius 1 is 1.38 bits per heavy atom. The highest BCUT2D eigenvalue weighted by atomic mass is 19.1. The molecule has 16 heavy (non-hydrogen) atoms. The number of ether oxygens (including phenoxy) is 1. The summed E-state index contributed by atoms with van der Waals surface area (Å²) in [6.07, 6.45) is 0. The van der Waals surface area contributed by atoms with Crippen LogP contribution in [0.15, 0.2) is 18.2 Å². The van der Waals surface area contributed by atoms with Gasteiger partial charge >= 0.3 is 0 Å². The van der Waals surface area contributed by atoms with Gasteiger partial charge in [0, 0.05) is 0 Å². The second kappa shape index (κ2) is 4.83. The first-order valence-electron chi connectivity index (χ1n) is 5.52. The van der Waals surface area contributed by atoms with Crippen LogP contribution in [0, 0.1) is 5.82 Å². The summed E-state index contributed by atoms with van der Waals surface area (Å²) >= 11 is 0.